The second-order valence-electron chi connectivity index (χ2n) is 6.84. The molecule has 4 rings (SSSR count). The second-order valence-corrected chi connectivity index (χ2v) is 7.79. The average Bonchev–Trinajstić information content (AvgIpc) is 3.22. The van der Waals surface area contributed by atoms with Crippen LogP contribution in [0.4, 0.5) is 0 Å². The first-order valence-corrected chi connectivity index (χ1v) is 9.86. The fourth-order valence-corrected chi connectivity index (χ4v) is 4.25. The minimum atomic E-state index is 0.158. The maximum absolute atomic E-state index is 12.6. The SMILES string of the molecule is Cc1cc(C)n2ncc(CN3CCCN(C(=O)c4cccs4)CC3)c2n1. The molecule has 0 bridgehead atoms. The van der Waals surface area contributed by atoms with Crippen molar-refractivity contribution >= 4 is 22.9 Å². The normalized spacial score (nSPS) is 16.2. The van der Waals surface area contributed by atoms with Crippen LogP contribution in [0.5, 0.6) is 0 Å². The molecule has 1 amide bonds. The molecule has 0 unspecified atom stereocenters. The van der Waals surface area contributed by atoms with E-state index in [1.165, 1.54) is 11.3 Å². The van der Waals surface area contributed by atoms with Gasteiger partial charge >= 0.3 is 0 Å². The van der Waals surface area contributed by atoms with Crippen molar-refractivity contribution < 1.29 is 4.79 Å². The summed E-state index contributed by atoms with van der Waals surface area (Å²) >= 11 is 1.52. The Morgan fingerprint density at radius 2 is 2.12 bits per heavy atom. The van der Waals surface area contributed by atoms with Crippen molar-refractivity contribution in [1.29, 1.82) is 0 Å². The molecule has 136 valence electrons. The zero-order chi connectivity index (χ0) is 18.1. The molecule has 6 nitrogen and oxygen atoms in total. The highest BCUT2D eigenvalue weighted by atomic mass is 32.1. The smallest absolute Gasteiger partial charge is 0.263 e. The lowest BCUT2D eigenvalue weighted by Crippen LogP contribution is -2.34. The highest BCUT2D eigenvalue weighted by molar-refractivity contribution is 7.12. The molecule has 1 fully saturated rings. The first-order chi connectivity index (χ1) is 12.6. The Morgan fingerprint density at radius 3 is 2.92 bits per heavy atom. The number of hydrogen-bond donors (Lipinski definition) is 0. The fourth-order valence-electron chi connectivity index (χ4n) is 3.56. The van der Waals surface area contributed by atoms with Gasteiger partial charge in [-0.2, -0.15) is 5.10 Å². The number of aromatic nitrogens is 3. The molecule has 0 spiro atoms. The Balaban J connectivity index is 1.46. The van der Waals surface area contributed by atoms with E-state index in [9.17, 15) is 4.79 Å². The lowest BCUT2D eigenvalue weighted by molar-refractivity contribution is 0.0766. The van der Waals surface area contributed by atoms with Gasteiger partial charge in [-0.1, -0.05) is 6.07 Å². The van der Waals surface area contributed by atoms with Crippen LogP contribution in [0, 0.1) is 13.8 Å². The monoisotopic (exact) mass is 369 g/mol. The predicted molar refractivity (Wildman–Crippen MR) is 103 cm³/mol. The van der Waals surface area contributed by atoms with Crippen molar-refractivity contribution in [2.24, 2.45) is 0 Å². The molecule has 0 saturated carbocycles. The zero-order valence-corrected chi connectivity index (χ0v) is 16.0. The highest BCUT2D eigenvalue weighted by Gasteiger charge is 2.21. The summed E-state index contributed by atoms with van der Waals surface area (Å²) < 4.78 is 1.91. The third kappa shape index (κ3) is 3.37. The largest absolute Gasteiger partial charge is 0.337 e. The minimum absolute atomic E-state index is 0.158. The molecule has 0 N–H and O–H groups in total. The third-order valence-corrected chi connectivity index (χ3v) is 5.71. The number of fused-ring (bicyclic) bond motifs is 1. The summed E-state index contributed by atoms with van der Waals surface area (Å²) in [6.45, 7) is 8.33. The fraction of sp³-hybridized carbons (Fsp3) is 0.421. The van der Waals surface area contributed by atoms with Crippen LogP contribution >= 0.6 is 11.3 Å². The Bertz CT molecular complexity index is 918. The molecular weight excluding hydrogens is 346 g/mol. The molecule has 0 aliphatic carbocycles. The van der Waals surface area contributed by atoms with Crippen molar-refractivity contribution in [3.05, 3.63) is 51.6 Å². The minimum Gasteiger partial charge on any atom is -0.337 e. The van der Waals surface area contributed by atoms with Crippen LogP contribution < -0.4 is 0 Å². The van der Waals surface area contributed by atoms with Gasteiger partial charge in [-0.25, -0.2) is 9.50 Å². The van der Waals surface area contributed by atoms with E-state index in [-0.39, 0.29) is 5.91 Å². The molecule has 0 aromatic carbocycles. The first kappa shape index (κ1) is 17.2. The van der Waals surface area contributed by atoms with Crippen LogP contribution in [0.15, 0.2) is 29.8 Å². The van der Waals surface area contributed by atoms with Gasteiger partial charge in [-0.15, -0.1) is 11.3 Å². The van der Waals surface area contributed by atoms with Crippen molar-refractivity contribution in [2.45, 2.75) is 26.8 Å². The van der Waals surface area contributed by atoms with Gasteiger partial charge in [0.1, 0.15) is 0 Å². The molecule has 0 radical (unpaired) electrons. The lowest BCUT2D eigenvalue weighted by atomic mass is 10.2. The number of carbonyl (C=O) groups excluding carboxylic acids is 1. The van der Waals surface area contributed by atoms with Gasteiger partial charge in [-0.05, 0) is 37.8 Å². The van der Waals surface area contributed by atoms with Gasteiger partial charge in [0.05, 0.1) is 11.1 Å². The summed E-state index contributed by atoms with van der Waals surface area (Å²) in [5, 5.41) is 6.45. The van der Waals surface area contributed by atoms with E-state index in [2.05, 4.69) is 21.9 Å². The maximum Gasteiger partial charge on any atom is 0.263 e. The van der Waals surface area contributed by atoms with Crippen LogP contribution in [-0.4, -0.2) is 56.5 Å². The molecule has 3 aromatic heterocycles. The number of amides is 1. The summed E-state index contributed by atoms with van der Waals surface area (Å²) in [7, 11) is 0. The van der Waals surface area contributed by atoms with Crippen molar-refractivity contribution in [3.8, 4) is 0 Å². The second kappa shape index (κ2) is 7.17. The third-order valence-electron chi connectivity index (χ3n) is 4.85. The Hall–Kier alpha value is -2.25. The van der Waals surface area contributed by atoms with Crippen molar-refractivity contribution in [3.63, 3.8) is 0 Å². The summed E-state index contributed by atoms with van der Waals surface area (Å²) in [6, 6.07) is 5.89. The van der Waals surface area contributed by atoms with E-state index >= 15 is 0 Å². The van der Waals surface area contributed by atoms with Crippen LogP contribution in [0.3, 0.4) is 0 Å². The number of hydrogen-bond acceptors (Lipinski definition) is 5. The Labute approximate surface area is 157 Å². The lowest BCUT2D eigenvalue weighted by Gasteiger charge is -2.21. The van der Waals surface area contributed by atoms with Gasteiger partial charge in [0.15, 0.2) is 5.65 Å². The first-order valence-electron chi connectivity index (χ1n) is 8.98. The van der Waals surface area contributed by atoms with Gasteiger partial charge in [0.2, 0.25) is 0 Å². The number of thiophene rings is 1. The van der Waals surface area contributed by atoms with E-state index in [0.717, 1.165) is 66.6 Å². The van der Waals surface area contributed by atoms with Crippen LogP contribution in [0.2, 0.25) is 0 Å². The number of aryl methyl sites for hydroxylation is 2. The zero-order valence-electron chi connectivity index (χ0n) is 15.2. The maximum atomic E-state index is 12.6. The standard InChI is InChI=1S/C19H23N5OS/c1-14-11-15(2)24-18(21-14)16(12-20-24)13-22-6-4-7-23(9-8-22)19(25)17-5-3-10-26-17/h3,5,10-12H,4,6-9,13H2,1-2H3. The number of rotatable bonds is 3. The van der Waals surface area contributed by atoms with Gasteiger partial charge in [0.25, 0.3) is 5.91 Å². The molecule has 1 aliphatic rings. The molecule has 0 atom stereocenters. The predicted octanol–water partition coefficient (Wildman–Crippen LogP) is 2.76. The summed E-state index contributed by atoms with van der Waals surface area (Å²) in [4.78, 5) is 22.5. The molecule has 26 heavy (non-hydrogen) atoms. The van der Waals surface area contributed by atoms with Gasteiger partial charge < -0.3 is 4.90 Å². The van der Waals surface area contributed by atoms with E-state index in [0.29, 0.717) is 0 Å². The van der Waals surface area contributed by atoms with Crippen molar-refractivity contribution in [1.82, 2.24) is 24.4 Å². The Morgan fingerprint density at radius 1 is 1.23 bits per heavy atom. The van der Waals surface area contributed by atoms with Crippen LogP contribution in [-0.2, 0) is 6.54 Å². The van der Waals surface area contributed by atoms with Gasteiger partial charge in [0, 0.05) is 49.7 Å². The number of nitrogens with zero attached hydrogens (tertiary/aromatic N) is 5. The molecule has 1 saturated heterocycles. The van der Waals surface area contributed by atoms with E-state index in [4.69, 9.17) is 0 Å². The molecule has 1 aliphatic heterocycles. The topological polar surface area (TPSA) is 53.7 Å². The van der Waals surface area contributed by atoms with E-state index < -0.39 is 0 Å². The van der Waals surface area contributed by atoms with Gasteiger partial charge in [-0.3, -0.25) is 9.69 Å². The summed E-state index contributed by atoms with van der Waals surface area (Å²) in [5.74, 6) is 0.158. The molecule has 7 heteroatoms. The van der Waals surface area contributed by atoms with Crippen molar-refractivity contribution in [2.75, 3.05) is 26.2 Å². The van der Waals surface area contributed by atoms with E-state index in [1.807, 2.05) is 46.1 Å². The molecule has 3 aromatic rings. The van der Waals surface area contributed by atoms with Crippen LogP contribution in [0.1, 0.15) is 33.0 Å². The summed E-state index contributed by atoms with van der Waals surface area (Å²) in [5.41, 5.74) is 4.20. The average molecular weight is 369 g/mol. The summed E-state index contributed by atoms with van der Waals surface area (Å²) in [6.07, 6.45) is 2.91. The van der Waals surface area contributed by atoms with E-state index in [1.54, 1.807) is 0 Å². The quantitative estimate of drug-likeness (QED) is 0.712. The number of carbonyl (C=O) groups is 1. The van der Waals surface area contributed by atoms with Crippen LogP contribution in [0.25, 0.3) is 5.65 Å². The Kier molecular flexibility index (Phi) is 4.74. The molecular formula is C19H23N5OS. The molecule has 4 heterocycles. The highest BCUT2D eigenvalue weighted by Crippen LogP contribution is 2.17.